The Kier molecular flexibility index (Phi) is 4.85. The Bertz CT molecular complexity index is 450. The third-order valence-corrected chi connectivity index (χ3v) is 3.97. The van der Waals surface area contributed by atoms with Crippen LogP contribution in [0.2, 0.25) is 0 Å². The molecule has 1 aliphatic rings. The Labute approximate surface area is 117 Å². The van der Waals surface area contributed by atoms with Crippen LogP contribution in [0.1, 0.15) is 18.5 Å². The van der Waals surface area contributed by atoms with Crippen LogP contribution in [-0.2, 0) is 9.59 Å². The van der Waals surface area contributed by atoms with Gasteiger partial charge in [-0.25, -0.2) is 0 Å². The molecule has 0 radical (unpaired) electrons. The number of amides is 2. The van der Waals surface area contributed by atoms with Gasteiger partial charge in [0.1, 0.15) is 6.04 Å². The molecule has 0 spiro atoms. The molecule has 1 aliphatic heterocycles. The summed E-state index contributed by atoms with van der Waals surface area (Å²) in [5.41, 5.74) is 0.870. The third kappa shape index (κ3) is 3.29. The highest BCUT2D eigenvalue weighted by Crippen LogP contribution is 2.23. The summed E-state index contributed by atoms with van der Waals surface area (Å²) in [5, 5.41) is 2.66. The molecule has 0 bridgehead atoms. The van der Waals surface area contributed by atoms with Crippen LogP contribution in [0.15, 0.2) is 30.3 Å². The van der Waals surface area contributed by atoms with Crippen molar-refractivity contribution in [3.05, 3.63) is 35.9 Å². The number of thioether (sulfide) groups is 1. The van der Waals surface area contributed by atoms with Crippen molar-refractivity contribution in [2.75, 3.05) is 24.6 Å². The number of benzene rings is 1. The van der Waals surface area contributed by atoms with Crippen LogP contribution >= 0.6 is 11.8 Å². The van der Waals surface area contributed by atoms with Crippen molar-refractivity contribution < 1.29 is 9.59 Å². The highest BCUT2D eigenvalue weighted by Gasteiger charge is 2.34. The van der Waals surface area contributed by atoms with Gasteiger partial charge in [0.2, 0.25) is 11.8 Å². The Hall–Kier alpha value is -1.49. The van der Waals surface area contributed by atoms with E-state index >= 15 is 0 Å². The minimum atomic E-state index is -0.486. The lowest BCUT2D eigenvalue weighted by Gasteiger charge is -2.35. The number of carbonyl (C=O) groups is 2. The van der Waals surface area contributed by atoms with E-state index in [1.54, 1.807) is 16.7 Å². The van der Waals surface area contributed by atoms with Crippen LogP contribution < -0.4 is 5.32 Å². The molecule has 2 amide bonds. The summed E-state index contributed by atoms with van der Waals surface area (Å²) in [7, 11) is 0. The Morgan fingerprint density at radius 3 is 2.74 bits per heavy atom. The molecule has 1 aromatic carbocycles. The van der Waals surface area contributed by atoms with E-state index in [2.05, 4.69) is 12.2 Å². The number of carbonyl (C=O) groups excluding carboxylic acids is 2. The van der Waals surface area contributed by atoms with Gasteiger partial charge in [-0.3, -0.25) is 9.59 Å². The summed E-state index contributed by atoms with van der Waals surface area (Å²) in [6.45, 7) is 2.81. The molecule has 0 saturated carbocycles. The average Bonchev–Trinajstić information content (AvgIpc) is 2.44. The normalized spacial score (nSPS) is 19.4. The van der Waals surface area contributed by atoms with Crippen molar-refractivity contribution in [3.8, 4) is 0 Å². The number of nitrogens with zero attached hydrogens (tertiary/aromatic N) is 1. The van der Waals surface area contributed by atoms with Gasteiger partial charge >= 0.3 is 0 Å². The van der Waals surface area contributed by atoms with Gasteiger partial charge in [0.25, 0.3) is 0 Å². The number of hydrogen-bond acceptors (Lipinski definition) is 3. The number of hydrogen-bond donors (Lipinski definition) is 1. The van der Waals surface area contributed by atoms with E-state index in [0.29, 0.717) is 6.54 Å². The molecular weight excluding hydrogens is 260 g/mol. The second-order valence-corrected chi connectivity index (χ2v) is 5.71. The quantitative estimate of drug-likeness (QED) is 0.829. The minimum absolute atomic E-state index is 0.00911. The van der Waals surface area contributed by atoms with E-state index in [-0.39, 0.29) is 18.4 Å². The van der Waals surface area contributed by atoms with E-state index in [9.17, 15) is 9.59 Å². The first-order valence-electron chi connectivity index (χ1n) is 6.44. The fourth-order valence-electron chi connectivity index (χ4n) is 2.17. The molecular formula is C14H18N2O2S. The monoisotopic (exact) mass is 278 g/mol. The molecule has 1 N–H and O–H groups in total. The number of nitrogens with one attached hydrogen (secondary N) is 1. The smallest absolute Gasteiger partial charge is 0.247 e. The zero-order valence-corrected chi connectivity index (χ0v) is 11.8. The SMILES string of the molecule is CCSCCN1C(=O)CNC(=O)C1c1ccccc1. The van der Waals surface area contributed by atoms with Gasteiger partial charge < -0.3 is 10.2 Å². The standard InChI is InChI=1S/C14H18N2O2S/c1-2-19-9-8-16-12(17)10-15-14(18)13(16)11-6-4-3-5-7-11/h3-7,13H,2,8-10H2,1H3,(H,15,18). The van der Waals surface area contributed by atoms with Gasteiger partial charge in [-0.2, -0.15) is 11.8 Å². The summed E-state index contributed by atoms with van der Waals surface area (Å²) < 4.78 is 0. The first-order valence-corrected chi connectivity index (χ1v) is 7.59. The van der Waals surface area contributed by atoms with Crippen molar-refractivity contribution in [1.29, 1.82) is 0 Å². The molecule has 0 aliphatic carbocycles. The molecule has 1 saturated heterocycles. The Morgan fingerprint density at radius 2 is 2.05 bits per heavy atom. The fourth-order valence-corrected chi connectivity index (χ4v) is 2.79. The lowest BCUT2D eigenvalue weighted by molar-refractivity contribution is -0.145. The van der Waals surface area contributed by atoms with Crippen LogP contribution in [0.3, 0.4) is 0 Å². The molecule has 19 heavy (non-hydrogen) atoms. The van der Waals surface area contributed by atoms with Gasteiger partial charge in [0.15, 0.2) is 0 Å². The van der Waals surface area contributed by atoms with Crippen molar-refractivity contribution in [2.45, 2.75) is 13.0 Å². The maximum Gasteiger partial charge on any atom is 0.247 e. The third-order valence-electron chi connectivity index (χ3n) is 3.09. The molecule has 1 unspecified atom stereocenters. The zero-order valence-electron chi connectivity index (χ0n) is 11.0. The molecule has 5 heteroatoms. The Balaban J connectivity index is 2.18. The van der Waals surface area contributed by atoms with Crippen LogP contribution in [0.25, 0.3) is 0 Å². The summed E-state index contributed by atoms with van der Waals surface area (Å²) in [6.07, 6.45) is 0. The van der Waals surface area contributed by atoms with E-state index < -0.39 is 6.04 Å². The fraction of sp³-hybridized carbons (Fsp3) is 0.429. The van der Waals surface area contributed by atoms with Gasteiger partial charge in [-0.05, 0) is 11.3 Å². The molecule has 1 aromatic rings. The van der Waals surface area contributed by atoms with Crippen LogP contribution in [0.4, 0.5) is 0 Å². The summed E-state index contributed by atoms with van der Waals surface area (Å²) >= 11 is 1.78. The summed E-state index contributed by atoms with van der Waals surface area (Å²) in [6, 6.07) is 8.98. The molecule has 2 rings (SSSR count). The lowest BCUT2D eigenvalue weighted by Crippen LogP contribution is -2.54. The Morgan fingerprint density at radius 1 is 1.32 bits per heavy atom. The first kappa shape index (κ1) is 13.9. The maximum atomic E-state index is 12.1. The summed E-state index contributed by atoms with van der Waals surface area (Å²) in [4.78, 5) is 25.8. The molecule has 1 heterocycles. The highest BCUT2D eigenvalue weighted by molar-refractivity contribution is 7.99. The van der Waals surface area contributed by atoms with Gasteiger partial charge in [-0.15, -0.1) is 0 Å². The molecule has 1 fully saturated rings. The molecule has 0 aromatic heterocycles. The van der Waals surface area contributed by atoms with E-state index in [0.717, 1.165) is 17.1 Å². The first-order chi connectivity index (χ1) is 9.24. The number of piperazine rings is 1. The van der Waals surface area contributed by atoms with Crippen molar-refractivity contribution in [3.63, 3.8) is 0 Å². The zero-order chi connectivity index (χ0) is 13.7. The van der Waals surface area contributed by atoms with Crippen LogP contribution in [-0.4, -0.2) is 41.3 Å². The van der Waals surface area contributed by atoms with Crippen LogP contribution in [0, 0.1) is 0 Å². The average molecular weight is 278 g/mol. The predicted molar refractivity (Wildman–Crippen MR) is 76.9 cm³/mol. The van der Waals surface area contributed by atoms with Crippen molar-refractivity contribution >= 4 is 23.6 Å². The van der Waals surface area contributed by atoms with E-state index in [1.807, 2.05) is 30.3 Å². The second kappa shape index (κ2) is 6.61. The topological polar surface area (TPSA) is 49.4 Å². The largest absolute Gasteiger partial charge is 0.345 e. The maximum absolute atomic E-state index is 12.1. The van der Waals surface area contributed by atoms with Crippen molar-refractivity contribution in [1.82, 2.24) is 10.2 Å². The van der Waals surface area contributed by atoms with Crippen molar-refractivity contribution in [2.24, 2.45) is 0 Å². The van der Waals surface area contributed by atoms with E-state index in [4.69, 9.17) is 0 Å². The van der Waals surface area contributed by atoms with Gasteiger partial charge in [0, 0.05) is 12.3 Å². The number of rotatable bonds is 5. The predicted octanol–water partition coefficient (Wildman–Crippen LogP) is 1.44. The molecule has 102 valence electrons. The molecule has 4 nitrogen and oxygen atoms in total. The lowest BCUT2D eigenvalue weighted by atomic mass is 10.0. The van der Waals surface area contributed by atoms with Gasteiger partial charge in [0.05, 0.1) is 6.54 Å². The van der Waals surface area contributed by atoms with Crippen LogP contribution in [0.5, 0.6) is 0 Å². The minimum Gasteiger partial charge on any atom is -0.345 e. The van der Waals surface area contributed by atoms with Gasteiger partial charge in [-0.1, -0.05) is 37.3 Å². The van der Waals surface area contributed by atoms with E-state index in [1.165, 1.54) is 0 Å². The summed E-state index contributed by atoms with van der Waals surface area (Å²) in [5.74, 6) is 1.78. The second-order valence-electron chi connectivity index (χ2n) is 4.32. The highest BCUT2D eigenvalue weighted by atomic mass is 32.2. The molecule has 1 atom stereocenters.